The summed E-state index contributed by atoms with van der Waals surface area (Å²) < 4.78 is 0. The molecule has 1 heterocycles. The van der Waals surface area contributed by atoms with Gasteiger partial charge < -0.3 is 10.2 Å². The smallest absolute Gasteiger partial charge is 0.226 e. The van der Waals surface area contributed by atoms with Crippen molar-refractivity contribution in [3.63, 3.8) is 0 Å². The largest absolute Gasteiger partial charge is 0.385 e. The molecular weight excluding hydrogens is 288 g/mol. The number of amides is 1. The van der Waals surface area contributed by atoms with Gasteiger partial charge in [-0.2, -0.15) is 0 Å². The number of benzene rings is 1. The zero-order valence-electron chi connectivity index (χ0n) is 13.2. The van der Waals surface area contributed by atoms with Crippen LogP contribution in [-0.2, 0) is 9.59 Å². The van der Waals surface area contributed by atoms with E-state index in [4.69, 9.17) is 0 Å². The number of nitrogens with zero attached hydrogens (tertiary/aromatic N) is 1. The molecule has 116 valence electrons. The highest BCUT2D eigenvalue weighted by Gasteiger charge is 2.46. The molecule has 1 atom stereocenters. The molecule has 1 unspecified atom stereocenters. The van der Waals surface area contributed by atoms with E-state index in [1.165, 1.54) is 0 Å². The summed E-state index contributed by atoms with van der Waals surface area (Å²) >= 11 is 0. The molecule has 2 aliphatic carbocycles. The molecule has 1 aliphatic heterocycles. The quantitative estimate of drug-likeness (QED) is 0.800. The molecule has 1 spiro atoms. The Balaban J connectivity index is 2.09. The van der Waals surface area contributed by atoms with Crippen molar-refractivity contribution in [2.45, 2.75) is 6.42 Å². The van der Waals surface area contributed by atoms with Gasteiger partial charge in [0.2, 0.25) is 11.7 Å². The molecule has 1 N–H and O–H groups in total. The summed E-state index contributed by atoms with van der Waals surface area (Å²) in [4.78, 5) is 26.4. The molecule has 1 fully saturated rings. The maximum absolute atomic E-state index is 12.3. The first-order valence-electron chi connectivity index (χ1n) is 7.77. The predicted molar refractivity (Wildman–Crippen MR) is 88.5 cm³/mol. The van der Waals surface area contributed by atoms with Gasteiger partial charge in [-0.15, -0.1) is 0 Å². The van der Waals surface area contributed by atoms with Crippen molar-refractivity contribution in [1.82, 2.24) is 10.2 Å². The minimum atomic E-state index is -0.400. The first kappa shape index (κ1) is 14.0. The van der Waals surface area contributed by atoms with Crippen molar-refractivity contribution in [2.75, 3.05) is 20.6 Å². The third-order valence-electron chi connectivity index (χ3n) is 5.10. The standard InChI is InChI=1S/C19H18N2O2/c1-20-16-10-19-11-21(2)18(23)9-15(19)14-6-4-3-5-12(14)7-13(19)8-17(16)22/h3-8,10,20H,9,11H2,1-2H3. The summed E-state index contributed by atoms with van der Waals surface area (Å²) in [5, 5.41) is 5.20. The van der Waals surface area contributed by atoms with E-state index in [0.717, 1.165) is 21.6 Å². The second kappa shape index (κ2) is 4.69. The van der Waals surface area contributed by atoms with Gasteiger partial charge in [0.05, 0.1) is 11.1 Å². The summed E-state index contributed by atoms with van der Waals surface area (Å²) in [6, 6.07) is 8.10. The molecular formula is C19H18N2O2. The second-order valence-electron chi connectivity index (χ2n) is 6.38. The normalized spacial score (nSPS) is 25.7. The van der Waals surface area contributed by atoms with Crippen LogP contribution in [0.5, 0.6) is 0 Å². The minimum Gasteiger partial charge on any atom is -0.385 e. The highest BCUT2D eigenvalue weighted by atomic mass is 16.2. The second-order valence-corrected chi connectivity index (χ2v) is 6.38. The highest BCUT2D eigenvalue weighted by Crippen LogP contribution is 2.47. The molecule has 4 heteroatoms. The molecule has 3 aliphatic rings. The van der Waals surface area contributed by atoms with Gasteiger partial charge in [0.1, 0.15) is 0 Å². The first-order valence-corrected chi connectivity index (χ1v) is 7.77. The molecule has 0 radical (unpaired) electrons. The minimum absolute atomic E-state index is 0.0114. The molecule has 1 amide bonds. The van der Waals surface area contributed by atoms with E-state index < -0.39 is 5.41 Å². The van der Waals surface area contributed by atoms with E-state index in [9.17, 15) is 9.59 Å². The zero-order valence-corrected chi connectivity index (χ0v) is 13.2. The molecule has 4 rings (SSSR count). The van der Waals surface area contributed by atoms with Gasteiger partial charge >= 0.3 is 0 Å². The van der Waals surface area contributed by atoms with Crippen molar-refractivity contribution in [2.24, 2.45) is 5.41 Å². The Morgan fingerprint density at radius 3 is 2.74 bits per heavy atom. The number of hydrogen-bond acceptors (Lipinski definition) is 3. The Morgan fingerprint density at radius 1 is 1.17 bits per heavy atom. The van der Waals surface area contributed by atoms with E-state index >= 15 is 0 Å². The van der Waals surface area contributed by atoms with Gasteiger partial charge in [0, 0.05) is 27.1 Å². The van der Waals surface area contributed by atoms with Gasteiger partial charge in [-0.1, -0.05) is 24.3 Å². The molecule has 1 aromatic carbocycles. The molecule has 23 heavy (non-hydrogen) atoms. The highest BCUT2D eigenvalue weighted by molar-refractivity contribution is 6.08. The van der Waals surface area contributed by atoms with Crippen molar-refractivity contribution in [3.05, 3.63) is 58.1 Å². The average Bonchev–Trinajstić information content (AvgIpc) is 2.54. The first-order chi connectivity index (χ1) is 11.0. The number of ketones is 1. The van der Waals surface area contributed by atoms with Crippen molar-refractivity contribution in [3.8, 4) is 0 Å². The molecule has 0 aromatic heterocycles. The van der Waals surface area contributed by atoms with Crippen LogP contribution in [0.2, 0.25) is 0 Å². The summed E-state index contributed by atoms with van der Waals surface area (Å²) in [6.07, 6.45) is 6.20. The van der Waals surface area contributed by atoms with Gasteiger partial charge in [-0.25, -0.2) is 0 Å². The lowest BCUT2D eigenvalue weighted by atomic mass is 9.64. The maximum Gasteiger partial charge on any atom is 0.226 e. The van der Waals surface area contributed by atoms with Gasteiger partial charge in [-0.05, 0) is 39.8 Å². The van der Waals surface area contributed by atoms with E-state index in [-0.39, 0.29) is 11.7 Å². The SMILES string of the molecule is CNC1=CC23CN(C)C(=O)CC2=c2ccccc2=CC3=CC1=O. The van der Waals surface area contributed by atoms with Crippen LogP contribution in [0.1, 0.15) is 6.42 Å². The predicted octanol–water partition coefficient (Wildman–Crippen LogP) is 0.0923. The number of fused-ring (bicyclic) bond motifs is 1. The van der Waals surface area contributed by atoms with Crippen LogP contribution in [0.15, 0.2) is 47.7 Å². The fraction of sp³-hybridized carbons (Fsp3) is 0.263. The van der Waals surface area contributed by atoms with E-state index in [1.54, 1.807) is 18.0 Å². The van der Waals surface area contributed by atoms with Crippen molar-refractivity contribution < 1.29 is 9.59 Å². The summed E-state index contributed by atoms with van der Waals surface area (Å²) in [5.74, 6) is 0.112. The summed E-state index contributed by atoms with van der Waals surface area (Å²) in [7, 11) is 3.59. The van der Waals surface area contributed by atoms with Gasteiger partial charge in [0.15, 0.2) is 0 Å². The maximum atomic E-state index is 12.3. The van der Waals surface area contributed by atoms with Gasteiger partial charge in [-0.3, -0.25) is 9.59 Å². The number of piperidine rings is 1. The van der Waals surface area contributed by atoms with Crippen LogP contribution in [0.25, 0.3) is 11.6 Å². The number of rotatable bonds is 1. The van der Waals surface area contributed by atoms with E-state index in [2.05, 4.69) is 17.5 Å². The van der Waals surface area contributed by atoms with Gasteiger partial charge in [0.25, 0.3) is 0 Å². The number of nitrogens with one attached hydrogen (secondary N) is 1. The number of likely N-dealkylation sites (tertiary alicyclic amines) is 1. The monoisotopic (exact) mass is 306 g/mol. The summed E-state index contributed by atoms with van der Waals surface area (Å²) in [6.45, 7) is 0.566. The Hall–Kier alpha value is -2.62. The van der Waals surface area contributed by atoms with Crippen molar-refractivity contribution >= 4 is 23.3 Å². The Bertz CT molecular complexity index is 923. The number of carbonyl (C=O) groups is 2. The number of likely N-dealkylation sites (N-methyl/N-ethyl adjacent to an activating group) is 1. The van der Waals surface area contributed by atoms with Crippen LogP contribution in [0, 0.1) is 5.41 Å². The van der Waals surface area contributed by atoms with Crippen molar-refractivity contribution in [1.29, 1.82) is 0 Å². The topological polar surface area (TPSA) is 49.4 Å². The molecule has 1 aromatic rings. The molecule has 4 nitrogen and oxygen atoms in total. The third-order valence-corrected chi connectivity index (χ3v) is 5.10. The Kier molecular flexibility index (Phi) is 2.85. The number of allylic oxidation sites excluding steroid dienone is 1. The Morgan fingerprint density at radius 2 is 1.96 bits per heavy atom. The lowest BCUT2D eigenvalue weighted by Crippen LogP contribution is -2.52. The van der Waals surface area contributed by atoms with Crippen LogP contribution in [0.4, 0.5) is 0 Å². The van der Waals surface area contributed by atoms with E-state index in [0.29, 0.717) is 18.7 Å². The van der Waals surface area contributed by atoms with Crippen LogP contribution in [0.3, 0.4) is 0 Å². The molecule has 0 bridgehead atoms. The van der Waals surface area contributed by atoms with E-state index in [1.807, 2.05) is 31.3 Å². The molecule has 0 saturated carbocycles. The summed E-state index contributed by atoms with van der Waals surface area (Å²) in [5.41, 5.74) is 2.28. The lowest BCUT2D eigenvalue weighted by molar-refractivity contribution is -0.130. The van der Waals surface area contributed by atoms with Crippen LogP contribution >= 0.6 is 0 Å². The fourth-order valence-corrected chi connectivity index (χ4v) is 3.92. The lowest BCUT2D eigenvalue weighted by Gasteiger charge is -2.45. The number of carbonyl (C=O) groups excluding carboxylic acids is 2. The number of hydrogen-bond donors (Lipinski definition) is 1. The molecule has 1 saturated heterocycles. The van der Waals surface area contributed by atoms with Crippen LogP contribution < -0.4 is 15.8 Å². The Labute approximate surface area is 134 Å². The third kappa shape index (κ3) is 1.84. The zero-order chi connectivity index (χ0) is 16.2. The fourth-order valence-electron chi connectivity index (χ4n) is 3.92. The average molecular weight is 306 g/mol. The van der Waals surface area contributed by atoms with Crippen LogP contribution in [-0.4, -0.2) is 37.2 Å².